The van der Waals surface area contributed by atoms with E-state index in [-0.39, 0.29) is 23.0 Å². The van der Waals surface area contributed by atoms with E-state index in [4.69, 9.17) is 11.6 Å². The molecular weight excluding hydrogens is 424 g/mol. The molecule has 8 nitrogen and oxygen atoms in total. The Labute approximate surface area is 180 Å². The first-order chi connectivity index (χ1) is 14.5. The van der Waals surface area contributed by atoms with Crippen molar-refractivity contribution in [2.24, 2.45) is 0 Å². The number of anilines is 1. The summed E-state index contributed by atoms with van der Waals surface area (Å²) >= 11 is 7.10. The Bertz CT molecular complexity index is 1270. The third-order valence-corrected chi connectivity index (χ3v) is 5.41. The minimum absolute atomic E-state index is 0.0986. The average molecular weight is 441 g/mol. The molecule has 4 aromatic rings. The Morgan fingerprint density at radius 2 is 2.00 bits per heavy atom. The third-order valence-electron chi connectivity index (χ3n) is 4.25. The number of aromatic nitrogens is 5. The topological polar surface area (TPSA) is 105 Å². The second-order valence-electron chi connectivity index (χ2n) is 6.63. The van der Waals surface area contributed by atoms with Gasteiger partial charge in [-0.25, -0.2) is 0 Å². The number of aryl methyl sites for hydroxylation is 1. The highest BCUT2D eigenvalue weighted by Crippen LogP contribution is 2.18. The van der Waals surface area contributed by atoms with Crippen LogP contribution >= 0.6 is 23.4 Å². The SMILES string of the molecule is Cc1ccc(Cc2nn3c(SCC(=O)Nc4cccc(Cl)c4)nnc3[nH]c2=O)cc1. The van der Waals surface area contributed by atoms with Gasteiger partial charge >= 0.3 is 0 Å². The first-order valence-electron chi connectivity index (χ1n) is 9.06. The van der Waals surface area contributed by atoms with Gasteiger partial charge in [0, 0.05) is 17.1 Å². The monoisotopic (exact) mass is 440 g/mol. The maximum Gasteiger partial charge on any atom is 0.274 e. The Kier molecular flexibility index (Phi) is 5.82. The van der Waals surface area contributed by atoms with Gasteiger partial charge in [0.2, 0.25) is 11.1 Å². The van der Waals surface area contributed by atoms with Crippen molar-refractivity contribution in [1.29, 1.82) is 0 Å². The summed E-state index contributed by atoms with van der Waals surface area (Å²) in [5.41, 5.74) is 2.76. The molecule has 0 fully saturated rings. The van der Waals surface area contributed by atoms with E-state index in [1.54, 1.807) is 24.3 Å². The highest BCUT2D eigenvalue weighted by Gasteiger charge is 2.14. The molecule has 30 heavy (non-hydrogen) atoms. The molecule has 0 bridgehead atoms. The lowest BCUT2D eigenvalue weighted by Crippen LogP contribution is -2.19. The number of nitrogens with one attached hydrogen (secondary N) is 2. The zero-order valence-electron chi connectivity index (χ0n) is 15.9. The number of carbonyl (C=O) groups excluding carboxylic acids is 1. The van der Waals surface area contributed by atoms with Crippen molar-refractivity contribution in [3.63, 3.8) is 0 Å². The first-order valence-corrected chi connectivity index (χ1v) is 10.4. The molecule has 0 aliphatic heterocycles. The molecule has 2 aromatic carbocycles. The van der Waals surface area contributed by atoms with Gasteiger partial charge in [-0.3, -0.25) is 14.6 Å². The van der Waals surface area contributed by atoms with Crippen LogP contribution in [0.1, 0.15) is 16.8 Å². The summed E-state index contributed by atoms with van der Waals surface area (Å²) in [6.45, 7) is 2.00. The van der Waals surface area contributed by atoms with E-state index in [1.165, 1.54) is 16.3 Å². The van der Waals surface area contributed by atoms with Crippen molar-refractivity contribution >= 4 is 40.7 Å². The van der Waals surface area contributed by atoms with Crippen molar-refractivity contribution in [2.45, 2.75) is 18.5 Å². The zero-order valence-corrected chi connectivity index (χ0v) is 17.5. The Hall–Kier alpha value is -3.17. The lowest BCUT2D eigenvalue weighted by Gasteiger charge is -2.05. The van der Waals surface area contributed by atoms with Crippen molar-refractivity contribution in [3.05, 3.63) is 80.7 Å². The summed E-state index contributed by atoms with van der Waals surface area (Å²) in [5.74, 6) is 0.107. The van der Waals surface area contributed by atoms with Gasteiger partial charge in [-0.15, -0.1) is 10.2 Å². The van der Waals surface area contributed by atoms with Crippen molar-refractivity contribution in [3.8, 4) is 0 Å². The van der Waals surface area contributed by atoms with Crippen LogP contribution in [0.2, 0.25) is 5.02 Å². The fourth-order valence-electron chi connectivity index (χ4n) is 2.77. The zero-order chi connectivity index (χ0) is 21.1. The second-order valence-corrected chi connectivity index (χ2v) is 8.01. The molecule has 2 aromatic heterocycles. The lowest BCUT2D eigenvalue weighted by molar-refractivity contribution is -0.113. The van der Waals surface area contributed by atoms with Crippen LogP contribution in [0.4, 0.5) is 5.69 Å². The summed E-state index contributed by atoms with van der Waals surface area (Å²) < 4.78 is 1.45. The Morgan fingerprint density at radius 1 is 1.20 bits per heavy atom. The number of benzene rings is 2. The fraction of sp³-hybridized carbons (Fsp3) is 0.150. The van der Waals surface area contributed by atoms with Crippen LogP contribution in [0.25, 0.3) is 5.78 Å². The van der Waals surface area contributed by atoms with Gasteiger partial charge < -0.3 is 5.32 Å². The summed E-state index contributed by atoms with van der Waals surface area (Å²) in [6, 6.07) is 14.8. The molecule has 0 unspecified atom stereocenters. The number of hydrogen-bond donors (Lipinski definition) is 2. The van der Waals surface area contributed by atoms with Gasteiger partial charge in [0.05, 0.1) is 5.75 Å². The van der Waals surface area contributed by atoms with E-state index in [2.05, 4.69) is 25.6 Å². The van der Waals surface area contributed by atoms with Gasteiger partial charge in [-0.2, -0.15) is 9.61 Å². The maximum atomic E-state index is 12.3. The molecule has 0 saturated carbocycles. The quantitative estimate of drug-likeness (QED) is 0.446. The standard InChI is InChI=1S/C20H17ClN6O2S/c1-12-5-7-13(8-6-12)9-16-18(29)23-19-24-25-20(27(19)26-16)30-11-17(28)22-15-4-2-3-14(21)10-15/h2-8,10H,9,11H2,1H3,(H,22,28)(H,23,24,29). The number of rotatable bonds is 6. The minimum Gasteiger partial charge on any atom is -0.325 e. The number of fused-ring (bicyclic) bond motifs is 1. The number of hydrogen-bond acceptors (Lipinski definition) is 6. The summed E-state index contributed by atoms with van der Waals surface area (Å²) in [7, 11) is 0. The molecule has 4 rings (SSSR count). The molecule has 0 atom stereocenters. The van der Waals surface area contributed by atoms with E-state index in [0.29, 0.717) is 28.0 Å². The van der Waals surface area contributed by atoms with E-state index < -0.39 is 0 Å². The predicted molar refractivity (Wildman–Crippen MR) is 116 cm³/mol. The molecule has 2 heterocycles. The van der Waals surface area contributed by atoms with Crippen molar-refractivity contribution in [2.75, 3.05) is 11.1 Å². The van der Waals surface area contributed by atoms with Crippen LogP contribution in [0.5, 0.6) is 0 Å². The number of aromatic amines is 1. The Morgan fingerprint density at radius 3 is 2.77 bits per heavy atom. The fourth-order valence-corrected chi connectivity index (χ4v) is 3.64. The highest BCUT2D eigenvalue weighted by atomic mass is 35.5. The molecule has 2 N–H and O–H groups in total. The molecule has 0 aliphatic rings. The Balaban J connectivity index is 1.49. The molecule has 0 aliphatic carbocycles. The van der Waals surface area contributed by atoms with Crippen molar-refractivity contribution in [1.82, 2.24) is 24.8 Å². The number of amides is 1. The number of nitrogens with zero attached hydrogens (tertiary/aromatic N) is 4. The molecular formula is C20H17ClN6O2S. The number of carbonyl (C=O) groups is 1. The normalized spacial score (nSPS) is 11.0. The molecule has 152 valence electrons. The smallest absolute Gasteiger partial charge is 0.274 e. The van der Waals surface area contributed by atoms with Crippen LogP contribution in [-0.2, 0) is 11.2 Å². The van der Waals surface area contributed by atoms with Gasteiger partial charge in [0.1, 0.15) is 5.69 Å². The van der Waals surface area contributed by atoms with Crippen LogP contribution < -0.4 is 10.9 Å². The van der Waals surface area contributed by atoms with Gasteiger partial charge in [-0.05, 0) is 30.7 Å². The number of thioether (sulfide) groups is 1. The minimum atomic E-state index is -0.314. The predicted octanol–water partition coefficient (Wildman–Crippen LogP) is 3.10. The number of H-pyrrole nitrogens is 1. The summed E-state index contributed by atoms with van der Waals surface area (Å²) in [5, 5.41) is 16.1. The van der Waals surface area contributed by atoms with Crippen LogP contribution in [0.15, 0.2) is 58.5 Å². The van der Waals surface area contributed by atoms with Crippen LogP contribution in [-0.4, -0.2) is 36.5 Å². The van der Waals surface area contributed by atoms with Crippen LogP contribution in [0.3, 0.4) is 0 Å². The molecule has 0 saturated heterocycles. The maximum absolute atomic E-state index is 12.3. The molecule has 10 heteroatoms. The summed E-state index contributed by atoms with van der Waals surface area (Å²) in [4.78, 5) is 27.3. The summed E-state index contributed by atoms with van der Waals surface area (Å²) in [6.07, 6.45) is 0.378. The first kappa shape index (κ1) is 20.1. The van der Waals surface area contributed by atoms with E-state index >= 15 is 0 Å². The number of halogens is 1. The lowest BCUT2D eigenvalue weighted by atomic mass is 10.1. The van der Waals surface area contributed by atoms with Gasteiger partial charge in [-0.1, -0.05) is 59.3 Å². The molecule has 0 radical (unpaired) electrons. The van der Waals surface area contributed by atoms with Gasteiger partial charge in [0.25, 0.3) is 11.3 Å². The highest BCUT2D eigenvalue weighted by molar-refractivity contribution is 7.99. The van der Waals surface area contributed by atoms with E-state index in [1.807, 2.05) is 31.2 Å². The second kappa shape index (κ2) is 8.68. The van der Waals surface area contributed by atoms with E-state index in [0.717, 1.165) is 11.1 Å². The molecule has 1 amide bonds. The largest absolute Gasteiger partial charge is 0.325 e. The molecule has 0 spiro atoms. The van der Waals surface area contributed by atoms with Crippen molar-refractivity contribution < 1.29 is 4.79 Å². The van der Waals surface area contributed by atoms with Crippen LogP contribution in [0, 0.1) is 6.92 Å². The third kappa shape index (κ3) is 4.69. The average Bonchev–Trinajstić information content (AvgIpc) is 3.10. The van der Waals surface area contributed by atoms with Gasteiger partial charge in [0.15, 0.2) is 0 Å². The van der Waals surface area contributed by atoms with E-state index in [9.17, 15) is 9.59 Å².